The Kier molecular flexibility index (Phi) is 24.1. The molecule has 0 spiro atoms. The predicted molar refractivity (Wildman–Crippen MR) is 382 cm³/mol. The predicted octanol–water partition coefficient (Wildman–Crippen LogP) is 7.37. The summed E-state index contributed by atoms with van der Waals surface area (Å²) >= 11 is 0. The number of unbranched alkanes of at least 4 members (excludes halogenated alkanes) is 3. The highest BCUT2D eigenvalue weighted by Gasteiger charge is 2.51. The molecule has 10 N–H and O–H groups in total. The van der Waals surface area contributed by atoms with Gasteiger partial charge in [0, 0.05) is 73.2 Å². The standard InChI is InChI=1S/C80H84N6O19/c1-47-71(92)58(42-66(104-47)105-61-44-79(100,62(88)45-87)43-56-68(61)75(96)70-69(73(56)94)72(93)55-25-18-27-60(102-3)67(55)74(70)95)85-78(99)103-46-49-29-33-53(34-30-49)82-76(97)57(84-77(98)59(41-48-19-8-4-9-20-48)83-63(89)28-14-7-17-40-86-64(90)37-38-65(86)91)26-15-16-39-81-80(50-21-10-5-11-22-50,51-23-12-6-13-24-51)52-31-35-54(101-2)36-32-52/h4-6,8-13,18-25,27,29-38,47,57-59,61,66,71,81,87,92,94,96,100H,7,14-17,26,28,39-46H2,1-3H3,(H,82,97)(H,83,89)(H,84,98)(H,85,99)/t47?,57?,58?,59-,61?,66?,71?,79-/m0/s1. The topological polar surface area (TPSA) is 364 Å². The fourth-order valence-electron chi connectivity index (χ4n) is 14.1. The highest BCUT2D eigenvalue weighted by Crippen LogP contribution is 2.53. The van der Waals surface area contributed by atoms with Crippen molar-refractivity contribution < 1.29 is 92.4 Å². The van der Waals surface area contributed by atoms with Gasteiger partial charge in [-0.1, -0.05) is 134 Å². The van der Waals surface area contributed by atoms with E-state index in [1.165, 1.54) is 44.4 Å². The Bertz CT molecular complexity index is 4330. The summed E-state index contributed by atoms with van der Waals surface area (Å²) in [4.78, 5) is 123. The number of carbonyl (C=O) groups is 9. The number of aliphatic hydroxyl groups excluding tert-OH is 2. The van der Waals surface area contributed by atoms with Crippen LogP contribution < -0.4 is 36.1 Å². The summed E-state index contributed by atoms with van der Waals surface area (Å²) < 4.78 is 28.9. The number of aliphatic hydroxyl groups is 3. The van der Waals surface area contributed by atoms with Gasteiger partial charge in [-0.25, -0.2) is 4.79 Å². The lowest BCUT2D eigenvalue weighted by molar-refractivity contribution is -0.249. The number of phenolic OH excluding ortho intramolecular Hbond substituents is 2. The van der Waals surface area contributed by atoms with Crippen molar-refractivity contribution in [2.45, 2.75) is 138 Å². The van der Waals surface area contributed by atoms with E-state index in [0.29, 0.717) is 55.6 Å². The number of benzene rings is 7. The first-order chi connectivity index (χ1) is 50.6. The number of amides is 6. The van der Waals surface area contributed by atoms with Crippen LogP contribution in [0.1, 0.15) is 142 Å². The monoisotopic (exact) mass is 1430 g/mol. The van der Waals surface area contributed by atoms with Gasteiger partial charge in [0.05, 0.1) is 54.7 Å². The second-order valence-corrected chi connectivity index (χ2v) is 26.5. The van der Waals surface area contributed by atoms with Gasteiger partial charge in [0.25, 0.3) is 11.8 Å². The molecule has 25 heteroatoms. The molecule has 0 bridgehead atoms. The molecule has 11 rings (SSSR count). The number of Topliss-reactive ketones (excluding diaryl/α,β-unsaturated/α-hetero) is 1. The van der Waals surface area contributed by atoms with Gasteiger partial charge < -0.3 is 70.5 Å². The molecule has 1 fully saturated rings. The summed E-state index contributed by atoms with van der Waals surface area (Å²) in [5.74, 6) is -5.99. The quantitative estimate of drug-likeness (QED) is 0.00877. The van der Waals surface area contributed by atoms with Crippen LogP contribution in [0.4, 0.5) is 10.5 Å². The molecule has 2 aliphatic carbocycles. The number of carbonyl (C=O) groups excluding carboxylic acids is 9. The molecule has 105 heavy (non-hydrogen) atoms. The number of alkyl carbamates (subject to hydrolysis) is 1. The lowest BCUT2D eigenvalue weighted by Gasteiger charge is -2.42. The van der Waals surface area contributed by atoms with Crippen LogP contribution in [0.5, 0.6) is 23.0 Å². The second-order valence-electron chi connectivity index (χ2n) is 26.5. The number of methoxy groups -OCH3 is 2. The van der Waals surface area contributed by atoms with Crippen molar-refractivity contribution in [1.29, 1.82) is 0 Å². The average Bonchev–Trinajstić information content (AvgIpc) is 1.43. The van der Waals surface area contributed by atoms with E-state index in [0.717, 1.165) is 27.2 Å². The van der Waals surface area contributed by atoms with Crippen LogP contribution in [0.15, 0.2) is 170 Å². The van der Waals surface area contributed by atoms with Crippen molar-refractivity contribution in [3.8, 4) is 23.0 Å². The maximum atomic E-state index is 14.7. The molecule has 2 aliphatic heterocycles. The number of imide groups is 1. The van der Waals surface area contributed by atoms with E-state index in [2.05, 4.69) is 50.8 Å². The zero-order valence-electron chi connectivity index (χ0n) is 58.2. The third kappa shape index (κ3) is 16.8. The molecule has 4 aliphatic rings. The Hall–Kier alpha value is -10.9. The van der Waals surface area contributed by atoms with Crippen LogP contribution in [0.25, 0.3) is 0 Å². The number of hydrogen-bond acceptors (Lipinski definition) is 20. The molecule has 1 saturated heterocycles. The summed E-state index contributed by atoms with van der Waals surface area (Å²) in [5.41, 5.74) is -0.770. The SMILES string of the molecule is COc1ccc(C(NCCCCC(NC(=O)[C@H](Cc2ccccc2)NC(=O)CCCCCN2C(=O)C=CC2=O)C(=O)Nc2ccc(COC(=O)NC3CC(OC4C[C@](O)(C(=O)CO)Cc5c(O)c6c(c(O)c54)C(=O)c4c(OC)cccc4C6=O)OC(C)C3O)cc2)(c2ccccc2)c2ccccc2)cc1. The summed E-state index contributed by atoms with van der Waals surface area (Å²) in [7, 11) is 2.90. The van der Waals surface area contributed by atoms with Crippen LogP contribution in [0.2, 0.25) is 0 Å². The molecular formula is C80H84N6O19. The van der Waals surface area contributed by atoms with E-state index in [1.54, 1.807) is 31.4 Å². The van der Waals surface area contributed by atoms with E-state index in [4.69, 9.17) is 23.7 Å². The summed E-state index contributed by atoms with van der Waals surface area (Å²) in [6.07, 6.45) is -2.80. The lowest BCUT2D eigenvalue weighted by Crippen LogP contribution is -2.56. The first-order valence-electron chi connectivity index (χ1n) is 34.9. The fourth-order valence-corrected chi connectivity index (χ4v) is 14.1. The van der Waals surface area contributed by atoms with Crippen molar-refractivity contribution >= 4 is 58.7 Å². The molecule has 6 unspecified atom stereocenters. The van der Waals surface area contributed by atoms with Crippen molar-refractivity contribution in [2.75, 3.05) is 39.2 Å². The maximum Gasteiger partial charge on any atom is 0.407 e. The Morgan fingerprint density at radius 1 is 0.676 bits per heavy atom. The van der Waals surface area contributed by atoms with Gasteiger partial charge >= 0.3 is 6.09 Å². The van der Waals surface area contributed by atoms with Gasteiger partial charge in [-0.15, -0.1) is 0 Å². The Morgan fingerprint density at radius 2 is 1.32 bits per heavy atom. The lowest BCUT2D eigenvalue weighted by atomic mass is 9.72. The van der Waals surface area contributed by atoms with Gasteiger partial charge in [0.2, 0.25) is 23.5 Å². The van der Waals surface area contributed by atoms with Crippen molar-refractivity contribution in [3.63, 3.8) is 0 Å². The number of ketones is 3. The normalized spacial score (nSPS) is 19.5. The van der Waals surface area contributed by atoms with Gasteiger partial charge in [-0.2, -0.15) is 0 Å². The first kappa shape index (κ1) is 75.2. The second kappa shape index (κ2) is 33.7. The van der Waals surface area contributed by atoms with Crippen molar-refractivity contribution in [3.05, 3.63) is 231 Å². The molecule has 7 aromatic rings. The minimum Gasteiger partial charge on any atom is -0.507 e. The number of anilines is 1. The van der Waals surface area contributed by atoms with Gasteiger partial charge in [-0.05, 0) is 104 Å². The van der Waals surface area contributed by atoms with E-state index in [-0.39, 0.29) is 78.7 Å². The molecule has 548 valence electrons. The zero-order chi connectivity index (χ0) is 74.5. The Labute approximate surface area is 605 Å². The third-order valence-electron chi connectivity index (χ3n) is 19.7. The van der Waals surface area contributed by atoms with Crippen LogP contribution in [-0.2, 0) is 68.0 Å². The third-order valence-corrected chi connectivity index (χ3v) is 19.7. The number of hydrogen-bond donors (Lipinski definition) is 10. The molecule has 0 aromatic heterocycles. The Balaban J connectivity index is 0.762. The molecule has 0 saturated carbocycles. The van der Waals surface area contributed by atoms with Crippen LogP contribution >= 0.6 is 0 Å². The number of nitrogens with zero attached hydrogens (tertiary/aromatic N) is 1. The molecule has 8 atom stereocenters. The van der Waals surface area contributed by atoms with E-state index in [9.17, 15) is 68.7 Å². The number of fused-ring (bicyclic) bond motifs is 3. The first-order valence-corrected chi connectivity index (χ1v) is 34.9. The molecule has 6 amide bonds. The number of aromatic hydroxyl groups is 2. The van der Waals surface area contributed by atoms with Gasteiger partial charge in [0.15, 0.2) is 17.9 Å². The summed E-state index contributed by atoms with van der Waals surface area (Å²) in [6.45, 7) is 0.720. The number of phenols is 2. The van der Waals surface area contributed by atoms with Crippen LogP contribution in [0.3, 0.4) is 0 Å². The molecule has 7 aromatic carbocycles. The number of rotatable bonds is 31. The summed E-state index contributed by atoms with van der Waals surface area (Å²) in [5, 5.41) is 72.3. The van der Waals surface area contributed by atoms with Crippen LogP contribution in [-0.4, -0.2) is 160 Å². The van der Waals surface area contributed by atoms with E-state index >= 15 is 0 Å². The van der Waals surface area contributed by atoms with E-state index < -0.39 is 137 Å². The van der Waals surface area contributed by atoms with Gasteiger partial charge in [-0.3, -0.25) is 48.6 Å². The number of nitrogens with one attached hydrogen (secondary N) is 5. The molecule has 0 radical (unpaired) electrons. The maximum absolute atomic E-state index is 14.7. The zero-order valence-corrected chi connectivity index (χ0v) is 58.2. The van der Waals surface area contributed by atoms with Crippen molar-refractivity contribution in [2.24, 2.45) is 0 Å². The highest BCUT2D eigenvalue weighted by atomic mass is 16.7. The molecule has 2 heterocycles. The van der Waals surface area contributed by atoms with Gasteiger partial charge in [0.1, 0.15) is 60.0 Å². The minimum atomic E-state index is -2.43. The highest BCUT2D eigenvalue weighted by molar-refractivity contribution is 6.31. The molecular weight excluding hydrogens is 1350 g/mol. The van der Waals surface area contributed by atoms with Crippen molar-refractivity contribution in [1.82, 2.24) is 26.2 Å². The average molecular weight is 1430 g/mol. The molecule has 25 nitrogen and oxygen atoms in total. The smallest absolute Gasteiger partial charge is 0.407 e. The fraction of sp³-hybridized carbons (Fsp3) is 0.338. The number of ether oxygens (including phenoxy) is 5. The largest absolute Gasteiger partial charge is 0.507 e. The Morgan fingerprint density at radius 3 is 1.97 bits per heavy atom. The minimum absolute atomic E-state index is 0.0215. The van der Waals surface area contributed by atoms with E-state index in [1.807, 2.05) is 91.0 Å². The summed E-state index contributed by atoms with van der Waals surface area (Å²) in [6, 6.07) is 44.4. The van der Waals surface area contributed by atoms with Crippen LogP contribution in [0, 0.1) is 0 Å².